The van der Waals surface area contributed by atoms with Gasteiger partial charge in [-0.3, -0.25) is 4.90 Å². The van der Waals surface area contributed by atoms with Crippen molar-refractivity contribution in [2.45, 2.75) is 88.9 Å². The Kier molecular flexibility index (Phi) is 3.20. The monoisotopic (exact) mass is 236 g/mol. The van der Waals surface area contributed by atoms with Gasteiger partial charge in [-0.05, 0) is 64.8 Å². The highest BCUT2D eigenvalue weighted by Crippen LogP contribution is 2.47. The van der Waals surface area contributed by atoms with Gasteiger partial charge < -0.3 is 5.32 Å². The lowest BCUT2D eigenvalue weighted by Gasteiger charge is -2.54. The molecule has 2 unspecified atom stereocenters. The minimum atomic E-state index is 0.585. The molecule has 2 heteroatoms. The maximum absolute atomic E-state index is 3.75. The molecule has 0 aromatic carbocycles. The van der Waals surface area contributed by atoms with Gasteiger partial charge in [-0.1, -0.05) is 6.92 Å². The number of piperidine rings is 1. The van der Waals surface area contributed by atoms with Crippen LogP contribution in [0.1, 0.15) is 65.2 Å². The highest BCUT2D eigenvalue weighted by molar-refractivity contribution is 5.07. The van der Waals surface area contributed by atoms with Crippen molar-refractivity contribution in [1.82, 2.24) is 10.2 Å². The summed E-state index contributed by atoms with van der Waals surface area (Å²) in [5.41, 5.74) is 0.585. The standard InChI is InChI=1S/C15H28N2/c1-3-9-16-12-10-13-5-6-14(11-12)17(13)15(2)7-4-8-15/h12-14,16H,3-11H2,1-2H3. The number of fused-ring (bicyclic) bond motifs is 2. The molecule has 0 radical (unpaired) electrons. The molecule has 2 bridgehead atoms. The second-order valence-electron chi connectivity index (χ2n) is 6.77. The Balaban J connectivity index is 1.64. The van der Waals surface area contributed by atoms with E-state index in [2.05, 4.69) is 24.1 Å². The van der Waals surface area contributed by atoms with Crippen LogP contribution in [-0.4, -0.2) is 35.1 Å². The zero-order valence-corrected chi connectivity index (χ0v) is 11.5. The van der Waals surface area contributed by atoms with Gasteiger partial charge >= 0.3 is 0 Å². The molecule has 98 valence electrons. The predicted molar refractivity (Wildman–Crippen MR) is 72.2 cm³/mol. The Morgan fingerprint density at radius 2 is 1.82 bits per heavy atom. The molecule has 17 heavy (non-hydrogen) atoms. The van der Waals surface area contributed by atoms with Crippen LogP contribution in [0.5, 0.6) is 0 Å². The van der Waals surface area contributed by atoms with Crippen LogP contribution in [0.2, 0.25) is 0 Å². The average molecular weight is 236 g/mol. The van der Waals surface area contributed by atoms with Crippen molar-refractivity contribution in [1.29, 1.82) is 0 Å². The summed E-state index contributed by atoms with van der Waals surface area (Å²) in [4.78, 5) is 2.93. The Morgan fingerprint density at radius 1 is 1.18 bits per heavy atom. The first-order valence-corrected chi connectivity index (χ1v) is 7.75. The van der Waals surface area contributed by atoms with E-state index >= 15 is 0 Å². The van der Waals surface area contributed by atoms with E-state index < -0.39 is 0 Å². The number of rotatable bonds is 4. The van der Waals surface area contributed by atoms with Crippen LogP contribution in [-0.2, 0) is 0 Å². The summed E-state index contributed by atoms with van der Waals surface area (Å²) in [5.74, 6) is 0. The van der Waals surface area contributed by atoms with Crippen molar-refractivity contribution in [3.63, 3.8) is 0 Å². The Labute approximate surface area is 106 Å². The third-order valence-electron chi connectivity index (χ3n) is 5.47. The van der Waals surface area contributed by atoms with Crippen molar-refractivity contribution in [2.75, 3.05) is 6.54 Å². The number of nitrogens with zero attached hydrogens (tertiary/aromatic N) is 1. The molecule has 2 saturated heterocycles. The minimum Gasteiger partial charge on any atom is -0.314 e. The highest BCUT2D eigenvalue weighted by atomic mass is 15.3. The maximum Gasteiger partial charge on any atom is 0.0187 e. The summed E-state index contributed by atoms with van der Waals surface area (Å²) in [5, 5.41) is 3.75. The van der Waals surface area contributed by atoms with Crippen LogP contribution in [0, 0.1) is 0 Å². The molecule has 2 nitrogen and oxygen atoms in total. The van der Waals surface area contributed by atoms with Crippen LogP contribution >= 0.6 is 0 Å². The normalized spacial score (nSPS) is 40.2. The van der Waals surface area contributed by atoms with E-state index in [1.807, 2.05) is 0 Å². The van der Waals surface area contributed by atoms with Crippen LogP contribution in [0.25, 0.3) is 0 Å². The first-order valence-electron chi connectivity index (χ1n) is 7.75. The van der Waals surface area contributed by atoms with Crippen molar-refractivity contribution in [3.05, 3.63) is 0 Å². The zero-order chi connectivity index (χ0) is 11.9. The molecule has 1 N–H and O–H groups in total. The summed E-state index contributed by atoms with van der Waals surface area (Å²) < 4.78 is 0. The second kappa shape index (κ2) is 4.55. The fourth-order valence-corrected chi connectivity index (χ4v) is 4.52. The van der Waals surface area contributed by atoms with Gasteiger partial charge in [0, 0.05) is 23.7 Å². The molecule has 0 aromatic rings. The van der Waals surface area contributed by atoms with Crippen molar-refractivity contribution < 1.29 is 0 Å². The van der Waals surface area contributed by atoms with Crippen LogP contribution in [0.4, 0.5) is 0 Å². The molecule has 3 fully saturated rings. The summed E-state index contributed by atoms with van der Waals surface area (Å²) in [6.07, 6.45) is 11.4. The average Bonchev–Trinajstić information content (AvgIpc) is 2.55. The van der Waals surface area contributed by atoms with Crippen LogP contribution in [0.3, 0.4) is 0 Å². The van der Waals surface area contributed by atoms with E-state index in [1.54, 1.807) is 0 Å². The van der Waals surface area contributed by atoms with E-state index in [-0.39, 0.29) is 0 Å². The van der Waals surface area contributed by atoms with Gasteiger partial charge in [0.15, 0.2) is 0 Å². The highest BCUT2D eigenvalue weighted by Gasteiger charge is 2.50. The maximum atomic E-state index is 3.75. The molecule has 2 heterocycles. The topological polar surface area (TPSA) is 15.3 Å². The van der Waals surface area contributed by atoms with E-state index in [1.165, 1.54) is 57.9 Å². The molecule has 2 atom stereocenters. The summed E-state index contributed by atoms with van der Waals surface area (Å²) in [7, 11) is 0. The second-order valence-corrected chi connectivity index (χ2v) is 6.77. The minimum absolute atomic E-state index is 0.585. The number of nitrogens with one attached hydrogen (secondary N) is 1. The molecule has 2 aliphatic heterocycles. The molecular weight excluding hydrogens is 208 g/mol. The van der Waals surface area contributed by atoms with Gasteiger partial charge in [0.1, 0.15) is 0 Å². The van der Waals surface area contributed by atoms with E-state index in [0.29, 0.717) is 5.54 Å². The van der Waals surface area contributed by atoms with Crippen LogP contribution < -0.4 is 5.32 Å². The molecular formula is C15H28N2. The van der Waals surface area contributed by atoms with Crippen molar-refractivity contribution in [2.24, 2.45) is 0 Å². The molecule has 0 aromatic heterocycles. The first-order chi connectivity index (χ1) is 8.23. The van der Waals surface area contributed by atoms with Gasteiger partial charge in [0.2, 0.25) is 0 Å². The lowest BCUT2D eigenvalue weighted by Crippen LogP contribution is -2.61. The molecule has 3 aliphatic rings. The van der Waals surface area contributed by atoms with Gasteiger partial charge in [-0.15, -0.1) is 0 Å². The molecule has 1 saturated carbocycles. The smallest absolute Gasteiger partial charge is 0.0187 e. The SMILES string of the molecule is CCCNC1CC2CCC(C1)N2C1(C)CCC1. The van der Waals surface area contributed by atoms with Crippen molar-refractivity contribution >= 4 is 0 Å². The summed E-state index contributed by atoms with van der Waals surface area (Å²) in [6.45, 7) is 6.00. The van der Waals surface area contributed by atoms with E-state index in [4.69, 9.17) is 0 Å². The van der Waals surface area contributed by atoms with E-state index in [9.17, 15) is 0 Å². The molecule has 0 spiro atoms. The lowest BCUT2D eigenvalue weighted by atomic mass is 9.74. The van der Waals surface area contributed by atoms with Gasteiger partial charge in [-0.25, -0.2) is 0 Å². The summed E-state index contributed by atoms with van der Waals surface area (Å²) >= 11 is 0. The Bertz CT molecular complexity index is 258. The number of hydrogen-bond donors (Lipinski definition) is 1. The van der Waals surface area contributed by atoms with Crippen molar-refractivity contribution in [3.8, 4) is 0 Å². The van der Waals surface area contributed by atoms with E-state index in [0.717, 1.165) is 18.1 Å². The Morgan fingerprint density at radius 3 is 2.29 bits per heavy atom. The first kappa shape index (κ1) is 12.0. The largest absolute Gasteiger partial charge is 0.314 e. The zero-order valence-electron chi connectivity index (χ0n) is 11.5. The summed E-state index contributed by atoms with van der Waals surface area (Å²) in [6, 6.07) is 2.61. The third kappa shape index (κ3) is 2.04. The quantitative estimate of drug-likeness (QED) is 0.807. The molecule has 1 aliphatic carbocycles. The number of hydrogen-bond acceptors (Lipinski definition) is 2. The fraction of sp³-hybridized carbons (Fsp3) is 1.00. The molecule has 0 amide bonds. The van der Waals surface area contributed by atoms with Gasteiger partial charge in [0.25, 0.3) is 0 Å². The fourth-order valence-electron chi connectivity index (χ4n) is 4.52. The van der Waals surface area contributed by atoms with Gasteiger partial charge in [-0.2, -0.15) is 0 Å². The predicted octanol–water partition coefficient (Wildman–Crippen LogP) is 2.92. The Hall–Kier alpha value is -0.0800. The molecule has 3 rings (SSSR count). The van der Waals surface area contributed by atoms with Gasteiger partial charge in [0.05, 0.1) is 0 Å². The van der Waals surface area contributed by atoms with Crippen LogP contribution in [0.15, 0.2) is 0 Å². The third-order valence-corrected chi connectivity index (χ3v) is 5.47. The lowest BCUT2D eigenvalue weighted by molar-refractivity contribution is -0.0362.